The van der Waals surface area contributed by atoms with Crippen molar-refractivity contribution in [2.24, 2.45) is 0 Å². The molecule has 28 valence electrons. The van der Waals surface area contributed by atoms with Crippen LogP contribution in [0, 0.1) is 0 Å². The summed E-state index contributed by atoms with van der Waals surface area (Å²) in [6.45, 7) is 2.00. The highest BCUT2D eigenvalue weighted by Crippen LogP contribution is 0.494. The fourth-order valence-electron chi connectivity index (χ4n) is 0. The van der Waals surface area contributed by atoms with Crippen molar-refractivity contribution in [3.63, 3.8) is 0 Å². The maximum Gasteiger partial charge on any atom is 0.106 e. The Balaban J connectivity index is -0.00000000500. The fraction of sp³-hybridized carbons (Fsp3) is 0. The van der Waals surface area contributed by atoms with E-state index in [9.17, 15) is 0 Å². The van der Waals surface area contributed by atoms with Crippen LogP contribution in [0.1, 0.15) is 0 Å². The van der Waals surface area contributed by atoms with Crippen LogP contribution in [0.15, 0.2) is 0 Å². The van der Waals surface area contributed by atoms with Crippen molar-refractivity contribution >= 4 is 6.79 Å². The average Bonchev–Trinajstić information content (AvgIpc) is 1.00. The van der Waals surface area contributed by atoms with Crippen LogP contribution in [0.25, 0.3) is 0 Å². The van der Waals surface area contributed by atoms with E-state index < -0.39 is 0 Å². The van der Waals surface area contributed by atoms with Crippen molar-refractivity contribution in [1.82, 2.24) is 6.15 Å². The van der Waals surface area contributed by atoms with Gasteiger partial charge in [0.25, 0.3) is 0 Å². The molecule has 0 aliphatic carbocycles. The molecule has 0 heterocycles. The second-order valence-corrected chi connectivity index (χ2v) is 0. The van der Waals surface area contributed by atoms with E-state index in [4.69, 9.17) is 4.79 Å². The molecule has 0 aromatic rings. The molecule has 0 saturated carbocycles. The number of carbonyl (C=O) groups excluding carboxylic acids is 1. The molecule has 0 unspecified atom stereocenters. The Labute approximate surface area is 24.5 Å². The second-order valence-electron chi connectivity index (χ2n) is 0. The van der Waals surface area contributed by atoms with E-state index in [1.807, 2.05) is 6.79 Å². The summed E-state index contributed by atoms with van der Waals surface area (Å²) >= 11 is 0. The summed E-state index contributed by atoms with van der Waals surface area (Å²) in [6.07, 6.45) is 0. The predicted molar refractivity (Wildman–Crippen MR) is 15.8 cm³/mol. The van der Waals surface area contributed by atoms with Crippen molar-refractivity contribution in [2.45, 2.75) is 0 Å². The Bertz CT molecular complexity index is 6.00. The van der Waals surface area contributed by atoms with E-state index in [0.717, 1.165) is 0 Å². The third-order valence-electron chi connectivity index (χ3n) is 0. The molecule has 4 heavy (non-hydrogen) atoms. The monoisotopic (exact) mass is 65.0 g/mol. The normalized spacial score (nSPS) is 1.00. The Hall–Kier alpha value is -0.410. The molecule has 3 heteroatoms. The topological polar surface area (TPSA) is 83.6 Å². The van der Waals surface area contributed by atoms with Crippen molar-refractivity contribution in [3.05, 3.63) is 0 Å². The van der Waals surface area contributed by atoms with E-state index in [1.54, 1.807) is 0 Å². The SMILES string of the molecule is C=O.N.O. The third-order valence-corrected chi connectivity index (χ3v) is 0. The van der Waals surface area contributed by atoms with Gasteiger partial charge in [-0.15, -0.1) is 0 Å². The molecule has 0 atom stereocenters. The van der Waals surface area contributed by atoms with Gasteiger partial charge >= 0.3 is 0 Å². The van der Waals surface area contributed by atoms with Gasteiger partial charge in [0.1, 0.15) is 6.79 Å². The first-order valence-corrected chi connectivity index (χ1v) is 0.289. The molecule has 0 radical (unpaired) electrons. The van der Waals surface area contributed by atoms with Gasteiger partial charge in [0.05, 0.1) is 0 Å². The lowest BCUT2D eigenvalue weighted by atomic mass is 11.9. The highest BCUT2D eigenvalue weighted by molar-refractivity contribution is 5.10. The van der Waals surface area contributed by atoms with Gasteiger partial charge in [0, 0.05) is 0 Å². The molecule has 3 nitrogen and oxygen atoms in total. The number of hydrogen-bond acceptors (Lipinski definition) is 2. The van der Waals surface area contributed by atoms with Crippen LogP contribution in [-0.2, 0) is 4.79 Å². The van der Waals surface area contributed by atoms with Gasteiger partial charge in [-0.3, -0.25) is 0 Å². The molecule has 0 saturated heterocycles. The Kier molecular flexibility index (Phi) is 674. The van der Waals surface area contributed by atoms with Crippen LogP contribution in [0.3, 0.4) is 0 Å². The summed E-state index contributed by atoms with van der Waals surface area (Å²) in [6, 6.07) is 0. The van der Waals surface area contributed by atoms with Crippen molar-refractivity contribution < 1.29 is 10.3 Å². The quantitative estimate of drug-likeness (QED) is 0.398. The lowest BCUT2D eigenvalue weighted by Gasteiger charge is -0.837. The summed E-state index contributed by atoms with van der Waals surface area (Å²) < 4.78 is 0. The molecule has 0 aromatic carbocycles. The largest absolute Gasteiger partial charge is 0.412 e. The highest BCUT2D eigenvalue weighted by Gasteiger charge is 0.636. The van der Waals surface area contributed by atoms with E-state index in [-0.39, 0.29) is 11.6 Å². The zero-order valence-corrected chi connectivity index (χ0v) is 2.32. The molecule has 0 rings (SSSR count). The minimum absolute atomic E-state index is 0. The predicted octanol–water partition coefficient (Wildman–Crippen LogP) is -0.848. The van der Waals surface area contributed by atoms with Gasteiger partial charge in [0.2, 0.25) is 0 Å². The Morgan fingerprint density at radius 2 is 1.25 bits per heavy atom. The lowest BCUT2D eigenvalue weighted by molar-refractivity contribution is -0.0979. The molecule has 0 amide bonds. The number of rotatable bonds is 0. The summed E-state index contributed by atoms with van der Waals surface area (Å²) in [4.78, 5) is 8.00. The van der Waals surface area contributed by atoms with Crippen LogP contribution in [0.2, 0.25) is 0 Å². The minimum atomic E-state index is 0. The molecule has 0 aromatic heterocycles. The lowest BCUT2D eigenvalue weighted by Crippen LogP contribution is -0.925. The molecule has 0 spiro atoms. The molecule has 0 fully saturated rings. The molecule has 5 N–H and O–H groups in total. The number of carbonyl (C=O) groups is 1. The second kappa shape index (κ2) is 39.0. The van der Waals surface area contributed by atoms with Gasteiger partial charge < -0.3 is 16.4 Å². The van der Waals surface area contributed by atoms with Crippen molar-refractivity contribution in [2.75, 3.05) is 0 Å². The summed E-state index contributed by atoms with van der Waals surface area (Å²) in [5.74, 6) is 0. The van der Waals surface area contributed by atoms with Gasteiger partial charge in [0.15, 0.2) is 0 Å². The molecule has 0 aliphatic rings. The average molecular weight is 65.1 g/mol. The van der Waals surface area contributed by atoms with Crippen molar-refractivity contribution in [1.29, 1.82) is 0 Å². The van der Waals surface area contributed by atoms with Crippen LogP contribution in [0.5, 0.6) is 0 Å². The zero-order valence-electron chi connectivity index (χ0n) is 2.32. The molecular formula is CH7NO2. The van der Waals surface area contributed by atoms with Gasteiger partial charge in [-0.1, -0.05) is 0 Å². The molecule has 0 bridgehead atoms. The highest BCUT2D eigenvalue weighted by atomic mass is 16.1. The smallest absolute Gasteiger partial charge is 0.106 e. The first-order chi connectivity index (χ1) is 1.00. The zero-order chi connectivity index (χ0) is 2.00. The van der Waals surface area contributed by atoms with Gasteiger partial charge in [-0.25, -0.2) is 0 Å². The molecular weight excluding hydrogens is 58.0 g/mol. The van der Waals surface area contributed by atoms with Gasteiger partial charge in [-0.05, 0) is 0 Å². The maximum absolute atomic E-state index is 8.00. The fourth-order valence-corrected chi connectivity index (χ4v) is 0. The number of hydrogen-bond donors (Lipinski definition) is 1. The first-order valence-electron chi connectivity index (χ1n) is 0.289. The van der Waals surface area contributed by atoms with E-state index in [1.165, 1.54) is 0 Å². The third kappa shape index (κ3) is 3.29. The van der Waals surface area contributed by atoms with Crippen LogP contribution < -0.4 is 6.15 Å². The minimum Gasteiger partial charge on any atom is -0.412 e. The van der Waals surface area contributed by atoms with Crippen molar-refractivity contribution in [3.8, 4) is 0 Å². The van der Waals surface area contributed by atoms with Crippen LogP contribution in [-0.4, -0.2) is 12.3 Å². The van der Waals surface area contributed by atoms with Gasteiger partial charge in [-0.2, -0.15) is 0 Å². The van der Waals surface area contributed by atoms with Crippen LogP contribution in [0.4, 0.5) is 0 Å². The van der Waals surface area contributed by atoms with E-state index in [0.29, 0.717) is 0 Å². The van der Waals surface area contributed by atoms with E-state index in [2.05, 4.69) is 0 Å². The Morgan fingerprint density at radius 3 is 1.25 bits per heavy atom. The van der Waals surface area contributed by atoms with Crippen LogP contribution >= 0.6 is 0 Å². The first kappa shape index (κ1) is 69.2. The summed E-state index contributed by atoms with van der Waals surface area (Å²) in [7, 11) is 0. The summed E-state index contributed by atoms with van der Waals surface area (Å²) in [5.41, 5.74) is 0. The maximum atomic E-state index is 8.00. The summed E-state index contributed by atoms with van der Waals surface area (Å²) in [5, 5.41) is 0. The Morgan fingerprint density at radius 1 is 1.25 bits per heavy atom. The molecule has 0 aliphatic heterocycles. The standard InChI is InChI=1S/CH2O.H3N.H2O/c1-2;;/h1H2;1H3;1H2. The van der Waals surface area contributed by atoms with E-state index >= 15 is 0 Å².